The Kier molecular flexibility index (Phi) is 4.54. The van der Waals surface area contributed by atoms with E-state index < -0.39 is 0 Å². The Morgan fingerprint density at radius 1 is 1.19 bits per heavy atom. The molecule has 1 heterocycles. The summed E-state index contributed by atoms with van der Waals surface area (Å²) in [5.74, 6) is 1.13. The summed E-state index contributed by atoms with van der Waals surface area (Å²) in [6.45, 7) is 2.39. The fourth-order valence-corrected chi connectivity index (χ4v) is 3.78. The first-order valence-electron chi connectivity index (χ1n) is 7.99. The molecule has 1 saturated carbocycles. The SMILES string of the molecule is O=C(CN1CC[C@@H]2CCCC[C@@H]2C1)Nc1ccccc1F. The highest BCUT2D eigenvalue weighted by molar-refractivity contribution is 5.92. The van der Waals surface area contributed by atoms with Crippen LogP contribution in [0.2, 0.25) is 0 Å². The molecule has 1 aliphatic carbocycles. The first-order valence-corrected chi connectivity index (χ1v) is 7.99. The number of carbonyl (C=O) groups excluding carboxylic acids is 1. The van der Waals surface area contributed by atoms with Crippen molar-refractivity contribution in [2.45, 2.75) is 32.1 Å². The van der Waals surface area contributed by atoms with E-state index in [4.69, 9.17) is 0 Å². The highest BCUT2D eigenvalue weighted by Crippen LogP contribution is 2.35. The molecule has 0 radical (unpaired) electrons. The summed E-state index contributed by atoms with van der Waals surface area (Å²) in [5.41, 5.74) is 0.273. The Balaban J connectivity index is 1.52. The van der Waals surface area contributed by atoms with Crippen LogP contribution in [0.4, 0.5) is 10.1 Å². The lowest BCUT2D eigenvalue weighted by molar-refractivity contribution is -0.118. The van der Waals surface area contributed by atoms with Crippen molar-refractivity contribution in [2.75, 3.05) is 25.0 Å². The minimum Gasteiger partial charge on any atom is -0.322 e. The number of nitrogens with one attached hydrogen (secondary N) is 1. The van der Waals surface area contributed by atoms with Crippen molar-refractivity contribution in [3.8, 4) is 0 Å². The van der Waals surface area contributed by atoms with Gasteiger partial charge >= 0.3 is 0 Å². The van der Waals surface area contributed by atoms with Gasteiger partial charge < -0.3 is 5.32 Å². The van der Waals surface area contributed by atoms with Crippen LogP contribution in [0.5, 0.6) is 0 Å². The van der Waals surface area contributed by atoms with E-state index in [2.05, 4.69) is 10.2 Å². The van der Waals surface area contributed by atoms with Crippen LogP contribution < -0.4 is 5.32 Å². The van der Waals surface area contributed by atoms with E-state index in [0.717, 1.165) is 24.9 Å². The average molecular weight is 290 g/mol. The number of benzene rings is 1. The van der Waals surface area contributed by atoms with Crippen molar-refractivity contribution in [3.63, 3.8) is 0 Å². The van der Waals surface area contributed by atoms with Crippen molar-refractivity contribution >= 4 is 11.6 Å². The number of carbonyl (C=O) groups is 1. The van der Waals surface area contributed by atoms with Crippen LogP contribution in [-0.4, -0.2) is 30.4 Å². The van der Waals surface area contributed by atoms with Crippen molar-refractivity contribution < 1.29 is 9.18 Å². The van der Waals surface area contributed by atoms with Gasteiger partial charge in [-0.15, -0.1) is 0 Å². The maximum absolute atomic E-state index is 13.5. The van der Waals surface area contributed by atoms with E-state index in [9.17, 15) is 9.18 Å². The quantitative estimate of drug-likeness (QED) is 0.926. The van der Waals surface area contributed by atoms with Crippen molar-refractivity contribution in [1.82, 2.24) is 4.90 Å². The molecular weight excluding hydrogens is 267 g/mol. The number of anilines is 1. The number of para-hydroxylation sites is 1. The van der Waals surface area contributed by atoms with Crippen LogP contribution >= 0.6 is 0 Å². The lowest BCUT2D eigenvalue weighted by Gasteiger charge is -2.41. The lowest BCUT2D eigenvalue weighted by Crippen LogP contribution is -2.44. The number of fused-ring (bicyclic) bond motifs is 1. The molecule has 114 valence electrons. The summed E-state index contributed by atoms with van der Waals surface area (Å²) in [7, 11) is 0. The molecular formula is C17H23FN2O. The van der Waals surface area contributed by atoms with E-state index >= 15 is 0 Å². The number of hydrogen-bond acceptors (Lipinski definition) is 2. The topological polar surface area (TPSA) is 32.3 Å². The van der Waals surface area contributed by atoms with Crippen LogP contribution in [0.1, 0.15) is 32.1 Å². The fourth-order valence-electron chi connectivity index (χ4n) is 3.78. The number of rotatable bonds is 3. The number of likely N-dealkylation sites (tertiary alicyclic amines) is 1. The molecule has 0 aromatic heterocycles. The number of piperidine rings is 1. The zero-order valence-electron chi connectivity index (χ0n) is 12.4. The van der Waals surface area contributed by atoms with Crippen molar-refractivity contribution in [3.05, 3.63) is 30.1 Å². The molecule has 1 saturated heterocycles. The summed E-state index contributed by atoms with van der Waals surface area (Å²) < 4.78 is 13.5. The summed E-state index contributed by atoms with van der Waals surface area (Å²) >= 11 is 0. The van der Waals surface area contributed by atoms with Gasteiger partial charge in [-0.05, 0) is 43.4 Å². The van der Waals surface area contributed by atoms with Gasteiger partial charge in [0.15, 0.2) is 0 Å². The minimum atomic E-state index is -0.378. The molecule has 0 unspecified atom stereocenters. The molecule has 2 fully saturated rings. The highest BCUT2D eigenvalue weighted by atomic mass is 19.1. The Morgan fingerprint density at radius 2 is 1.95 bits per heavy atom. The second-order valence-electron chi connectivity index (χ2n) is 6.36. The Hall–Kier alpha value is -1.42. The van der Waals surface area contributed by atoms with Gasteiger partial charge in [-0.2, -0.15) is 0 Å². The summed E-state index contributed by atoms with van der Waals surface area (Å²) in [6.07, 6.45) is 6.57. The summed E-state index contributed by atoms with van der Waals surface area (Å²) in [4.78, 5) is 14.3. The largest absolute Gasteiger partial charge is 0.322 e. The molecule has 1 amide bonds. The second-order valence-corrected chi connectivity index (χ2v) is 6.36. The first-order chi connectivity index (χ1) is 10.2. The molecule has 1 aliphatic heterocycles. The zero-order chi connectivity index (χ0) is 14.7. The van der Waals surface area contributed by atoms with Gasteiger partial charge in [0.1, 0.15) is 5.82 Å². The lowest BCUT2D eigenvalue weighted by atomic mass is 9.75. The molecule has 0 spiro atoms. The van der Waals surface area contributed by atoms with Crippen LogP contribution in [0.3, 0.4) is 0 Å². The molecule has 21 heavy (non-hydrogen) atoms. The van der Waals surface area contributed by atoms with Gasteiger partial charge in [0.2, 0.25) is 5.91 Å². The maximum Gasteiger partial charge on any atom is 0.238 e. The van der Waals surface area contributed by atoms with Gasteiger partial charge in [0.05, 0.1) is 12.2 Å². The van der Waals surface area contributed by atoms with E-state index in [1.165, 1.54) is 38.2 Å². The third kappa shape index (κ3) is 3.62. The minimum absolute atomic E-state index is 0.116. The number of nitrogens with zero attached hydrogens (tertiary/aromatic N) is 1. The van der Waals surface area contributed by atoms with Crippen LogP contribution in [-0.2, 0) is 4.79 Å². The van der Waals surface area contributed by atoms with Gasteiger partial charge in [-0.25, -0.2) is 4.39 Å². The molecule has 0 bridgehead atoms. The Labute approximate surface area is 125 Å². The predicted octanol–water partition coefficient (Wildman–Crippen LogP) is 3.28. The normalized spacial score (nSPS) is 26.1. The van der Waals surface area contributed by atoms with Gasteiger partial charge in [-0.3, -0.25) is 9.69 Å². The zero-order valence-corrected chi connectivity index (χ0v) is 12.4. The van der Waals surface area contributed by atoms with Gasteiger partial charge in [-0.1, -0.05) is 31.4 Å². The van der Waals surface area contributed by atoms with Crippen molar-refractivity contribution in [1.29, 1.82) is 0 Å². The van der Waals surface area contributed by atoms with Crippen LogP contribution in [0, 0.1) is 17.7 Å². The maximum atomic E-state index is 13.5. The Bertz CT molecular complexity index is 505. The van der Waals surface area contributed by atoms with Gasteiger partial charge in [0.25, 0.3) is 0 Å². The Morgan fingerprint density at radius 3 is 2.76 bits per heavy atom. The van der Waals surface area contributed by atoms with Crippen molar-refractivity contribution in [2.24, 2.45) is 11.8 Å². The molecule has 2 atom stereocenters. The molecule has 1 aromatic rings. The van der Waals surface area contributed by atoms with Crippen LogP contribution in [0.15, 0.2) is 24.3 Å². The molecule has 1 aromatic carbocycles. The third-order valence-electron chi connectivity index (χ3n) is 4.89. The van der Waals surface area contributed by atoms with Crippen LogP contribution in [0.25, 0.3) is 0 Å². The number of hydrogen-bond donors (Lipinski definition) is 1. The average Bonchev–Trinajstić information content (AvgIpc) is 2.49. The molecule has 3 nitrogen and oxygen atoms in total. The van der Waals surface area contributed by atoms with E-state index in [1.807, 2.05) is 0 Å². The highest BCUT2D eigenvalue weighted by Gasteiger charge is 2.31. The fraction of sp³-hybridized carbons (Fsp3) is 0.588. The first kappa shape index (κ1) is 14.5. The molecule has 4 heteroatoms. The molecule has 1 N–H and O–H groups in total. The third-order valence-corrected chi connectivity index (χ3v) is 4.89. The summed E-state index contributed by atoms with van der Waals surface area (Å²) in [6, 6.07) is 6.31. The smallest absolute Gasteiger partial charge is 0.238 e. The second kappa shape index (κ2) is 6.56. The number of halogens is 1. The number of amides is 1. The molecule has 2 aliphatic rings. The van der Waals surface area contributed by atoms with Gasteiger partial charge in [0, 0.05) is 6.54 Å². The van der Waals surface area contributed by atoms with E-state index in [1.54, 1.807) is 18.2 Å². The van der Waals surface area contributed by atoms with E-state index in [-0.39, 0.29) is 17.4 Å². The predicted molar refractivity (Wildman–Crippen MR) is 81.5 cm³/mol. The molecule has 3 rings (SSSR count). The van der Waals surface area contributed by atoms with E-state index in [0.29, 0.717) is 6.54 Å². The standard InChI is InChI=1S/C17H23FN2O/c18-15-7-3-4-8-16(15)19-17(21)12-20-10-9-13-5-1-2-6-14(13)11-20/h3-4,7-8,13-14H,1-2,5-6,9-12H2,(H,19,21)/t13-,14+/m0/s1. The monoisotopic (exact) mass is 290 g/mol. The summed E-state index contributed by atoms with van der Waals surface area (Å²) in [5, 5.41) is 2.67.